The van der Waals surface area contributed by atoms with Gasteiger partial charge in [-0.1, -0.05) is 62.7 Å². The largest absolute Gasteiger partial charge is 0.394 e. The third-order valence-electron chi connectivity index (χ3n) is 8.59. The Morgan fingerprint density at radius 1 is 1.13 bits per heavy atom. The number of hydrogen-bond acceptors (Lipinski definition) is 5. The molecular formula is C30H36ClN3O4S. The summed E-state index contributed by atoms with van der Waals surface area (Å²) >= 11 is 8.08. The van der Waals surface area contributed by atoms with E-state index in [1.54, 1.807) is 22.7 Å². The van der Waals surface area contributed by atoms with Gasteiger partial charge in [-0.25, -0.2) is 0 Å². The summed E-state index contributed by atoms with van der Waals surface area (Å²) in [6.45, 7) is 7.76. The van der Waals surface area contributed by atoms with E-state index in [-0.39, 0.29) is 41.4 Å². The minimum absolute atomic E-state index is 0.0220. The Morgan fingerprint density at radius 3 is 2.49 bits per heavy atom. The third-order valence-corrected chi connectivity index (χ3v) is 11.0. The number of benzene rings is 2. The summed E-state index contributed by atoms with van der Waals surface area (Å²) in [6, 6.07) is 13.3. The van der Waals surface area contributed by atoms with E-state index in [2.05, 4.69) is 17.6 Å². The highest BCUT2D eigenvalue weighted by molar-refractivity contribution is 8.02. The van der Waals surface area contributed by atoms with Gasteiger partial charge in [0.1, 0.15) is 6.04 Å². The van der Waals surface area contributed by atoms with Crippen LogP contribution in [0, 0.1) is 30.6 Å². The molecule has 2 aromatic carbocycles. The zero-order valence-corrected chi connectivity index (χ0v) is 24.3. The van der Waals surface area contributed by atoms with Crippen molar-refractivity contribution < 1.29 is 19.5 Å². The summed E-state index contributed by atoms with van der Waals surface area (Å²) in [5.41, 5.74) is 2.01. The van der Waals surface area contributed by atoms with Crippen LogP contribution in [-0.2, 0) is 14.4 Å². The highest BCUT2D eigenvalue weighted by atomic mass is 35.5. The van der Waals surface area contributed by atoms with Gasteiger partial charge in [0.25, 0.3) is 0 Å². The smallest absolute Gasteiger partial charge is 0.248 e. The Morgan fingerprint density at radius 2 is 1.85 bits per heavy atom. The van der Waals surface area contributed by atoms with Gasteiger partial charge < -0.3 is 20.6 Å². The van der Waals surface area contributed by atoms with Gasteiger partial charge in [-0.2, -0.15) is 0 Å². The summed E-state index contributed by atoms with van der Waals surface area (Å²) in [5, 5.41) is 16.9. The molecule has 39 heavy (non-hydrogen) atoms. The van der Waals surface area contributed by atoms with E-state index in [1.165, 1.54) is 0 Å². The molecule has 3 amide bonds. The molecule has 3 heterocycles. The normalized spacial score (nSPS) is 30.0. The van der Waals surface area contributed by atoms with Gasteiger partial charge in [-0.15, -0.1) is 11.8 Å². The molecule has 5 rings (SSSR count). The van der Waals surface area contributed by atoms with Crippen LogP contribution in [-0.4, -0.2) is 56.4 Å². The van der Waals surface area contributed by atoms with Gasteiger partial charge in [0, 0.05) is 10.9 Å². The number of carbonyl (C=O) groups excluding carboxylic acids is 3. The van der Waals surface area contributed by atoms with Gasteiger partial charge in [0.15, 0.2) is 0 Å². The summed E-state index contributed by atoms with van der Waals surface area (Å²) in [5.74, 6) is -1.76. The molecule has 7 atom stereocenters. The standard InChI is InChI=1S/C30H36ClN3O4S/c1-16(2)13-20(15-35)34-26(28(37)33-25-17(3)9-8-12-21(25)31)30-18(4)14-22(39-30)23(24(30)29(34)38)27(36)32-19-10-6-5-7-11-19/h5-12,16,18,20,22-24,26,35H,13-15H2,1-4H3,(H,32,36)(H,33,37)/t18?,20-,22-,23+,24+,26?,30?/m1/s1. The minimum Gasteiger partial charge on any atom is -0.394 e. The molecule has 0 saturated carbocycles. The number of thioether (sulfide) groups is 1. The maximum Gasteiger partial charge on any atom is 0.248 e. The van der Waals surface area contributed by atoms with E-state index in [4.69, 9.17) is 11.6 Å². The lowest BCUT2D eigenvalue weighted by molar-refractivity contribution is -0.141. The van der Waals surface area contributed by atoms with Gasteiger partial charge in [0.2, 0.25) is 17.7 Å². The Balaban J connectivity index is 1.56. The lowest BCUT2D eigenvalue weighted by Crippen LogP contribution is -2.57. The molecule has 3 aliphatic rings. The van der Waals surface area contributed by atoms with Crippen molar-refractivity contribution in [2.45, 2.75) is 62.6 Å². The molecule has 0 radical (unpaired) electrons. The van der Waals surface area contributed by atoms with E-state index in [0.717, 1.165) is 12.0 Å². The number of anilines is 2. The number of aliphatic hydroxyl groups excluding tert-OH is 1. The molecule has 2 aromatic rings. The molecule has 1 spiro atoms. The first kappa shape index (κ1) is 28.0. The first-order valence-electron chi connectivity index (χ1n) is 13.6. The second-order valence-corrected chi connectivity index (χ2v) is 13.5. The van der Waals surface area contributed by atoms with Gasteiger partial charge in [-0.3, -0.25) is 14.4 Å². The number of aliphatic hydroxyl groups is 1. The molecule has 208 valence electrons. The number of amides is 3. The van der Waals surface area contributed by atoms with Crippen LogP contribution in [0.5, 0.6) is 0 Å². The molecule has 7 nitrogen and oxygen atoms in total. The monoisotopic (exact) mass is 569 g/mol. The van der Waals surface area contributed by atoms with Crippen LogP contribution >= 0.6 is 23.4 Å². The van der Waals surface area contributed by atoms with Gasteiger partial charge in [-0.05, 0) is 55.4 Å². The number of nitrogens with one attached hydrogen (secondary N) is 2. The average molecular weight is 570 g/mol. The van der Waals surface area contributed by atoms with Crippen molar-refractivity contribution in [3.8, 4) is 0 Å². The number of hydrogen-bond donors (Lipinski definition) is 3. The molecular weight excluding hydrogens is 534 g/mol. The maximum atomic E-state index is 14.4. The topological polar surface area (TPSA) is 98.7 Å². The Labute approximate surface area is 239 Å². The maximum absolute atomic E-state index is 14.4. The zero-order valence-electron chi connectivity index (χ0n) is 22.7. The predicted molar refractivity (Wildman–Crippen MR) is 156 cm³/mol. The first-order chi connectivity index (χ1) is 18.6. The second kappa shape index (κ2) is 10.8. The number of nitrogens with zero attached hydrogens (tertiary/aromatic N) is 1. The van der Waals surface area contributed by atoms with Crippen LogP contribution in [0.25, 0.3) is 0 Å². The average Bonchev–Trinajstić information content (AvgIpc) is 3.49. The molecule has 2 bridgehead atoms. The minimum atomic E-state index is -0.846. The summed E-state index contributed by atoms with van der Waals surface area (Å²) in [7, 11) is 0. The van der Waals surface area contributed by atoms with Crippen molar-refractivity contribution in [3.05, 3.63) is 59.1 Å². The van der Waals surface area contributed by atoms with Crippen molar-refractivity contribution >= 4 is 52.5 Å². The molecule has 3 unspecified atom stereocenters. The fourth-order valence-corrected chi connectivity index (χ4v) is 9.68. The third kappa shape index (κ3) is 4.64. The number of likely N-dealkylation sites (tertiary alicyclic amines) is 1. The summed E-state index contributed by atoms with van der Waals surface area (Å²) in [4.78, 5) is 44.0. The predicted octanol–water partition coefficient (Wildman–Crippen LogP) is 4.97. The van der Waals surface area contributed by atoms with Crippen LogP contribution < -0.4 is 10.6 Å². The van der Waals surface area contributed by atoms with Crippen LogP contribution in [0.1, 0.15) is 39.2 Å². The SMILES string of the molecule is Cc1cccc(Cl)c1NC(=O)C1N([C@@H](CO)CC(C)C)C(=O)[C@@H]2[C@@H](C(=O)Nc3ccccc3)[C@H]3CC(C)C12S3. The van der Waals surface area contributed by atoms with E-state index in [0.29, 0.717) is 22.8 Å². The van der Waals surface area contributed by atoms with Crippen LogP contribution in [0.3, 0.4) is 0 Å². The Bertz CT molecular complexity index is 1250. The van der Waals surface area contributed by atoms with E-state index in [1.807, 2.05) is 63.2 Å². The van der Waals surface area contributed by atoms with Crippen molar-refractivity contribution in [1.82, 2.24) is 4.90 Å². The zero-order chi connectivity index (χ0) is 28.1. The quantitative estimate of drug-likeness (QED) is 0.417. The molecule has 3 fully saturated rings. The number of aryl methyl sites for hydroxylation is 1. The molecule has 3 N–H and O–H groups in total. The molecule has 3 aliphatic heterocycles. The fraction of sp³-hybridized carbons (Fsp3) is 0.500. The Hall–Kier alpha value is -2.55. The van der Waals surface area contributed by atoms with Gasteiger partial charge in [0.05, 0.1) is 39.9 Å². The molecule has 0 aromatic heterocycles. The van der Waals surface area contributed by atoms with E-state index >= 15 is 0 Å². The number of carbonyl (C=O) groups is 3. The highest BCUT2D eigenvalue weighted by Crippen LogP contribution is 2.69. The number of para-hydroxylation sites is 2. The van der Waals surface area contributed by atoms with Crippen LogP contribution in [0.4, 0.5) is 11.4 Å². The molecule has 9 heteroatoms. The second-order valence-electron chi connectivity index (χ2n) is 11.5. The number of fused-ring (bicyclic) bond motifs is 1. The Kier molecular flexibility index (Phi) is 7.74. The number of rotatable bonds is 8. The fourth-order valence-electron chi connectivity index (χ4n) is 7.00. The lowest BCUT2D eigenvalue weighted by atomic mass is 9.66. The van der Waals surface area contributed by atoms with Crippen molar-refractivity contribution in [1.29, 1.82) is 0 Å². The highest BCUT2D eigenvalue weighted by Gasteiger charge is 2.76. The van der Waals surface area contributed by atoms with Crippen molar-refractivity contribution in [2.24, 2.45) is 23.7 Å². The van der Waals surface area contributed by atoms with Gasteiger partial charge >= 0.3 is 0 Å². The summed E-state index contributed by atoms with van der Waals surface area (Å²) in [6.07, 6.45) is 1.28. The van der Waals surface area contributed by atoms with Crippen LogP contribution in [0.2, 0.25) is 5.02 Å². The number of halogens is 1. The van der Waals surface area contributed by atoms with E-state index in [9.17, 15) is 19.5 Å². The van der Waals surface area contributed by atoms with Crippen molar-refractivity contribution in [3.63, 3.8) is 0 Å². The molecule has 0 aliphatic carbocycles. The van der Waals surface area contributed by atoms with E-state index < -0.39 is 28.7 Å². The lowest BCUT2D eigenvalue weighted by Gasteiger charge is -2.40. The van der Waals surface area contributed by atoms with Crippen molar-refractivity contribution in [2.75, 3.05) is 17.2 Å². The summed E-state index contributed by atoms with van der Waals surface area (Å²) < 4.78 is -0.788. The van der Waals surface area contributed by atoms with Crippen LogP contribution in [0.15, 0.2) is 48.5 Å². The first-order valence-corrected chi connectivity index (χ1v) is 14.9. The molecule has 3 saturated heterocycles.